The maximum atomic E-state index is 11.6. The smallest absolute Gasteiger partial charge is 0.205 e. The molecule has 1 saturated carbocycles. The van der Waals surface area contributed by atoms with Crippen molar-refractivity contribution in [1.29, 1.82) is 0 Å². The molecule has 2 aliphatic heterocycles. The van der Waals surface area contributed by atoms with Crippen molar-refractivity contribution in [1.82, 2.24) is 0 Å². The first-order chi connectivity index (χ1) is 11.9. The van der Waals surface area contributed by atoms with Gasteiger partial charge in [0.2, 0.25) is 6.29 Å². The Morgan fingerprint density at radius 3 is 2.64 bits per heavy atom. The normalized spacial score (nSPS) is 46.8. The summed E-state index contributed by atoms with van der Waals surface area (Å²) in [6.07, 6.45) is 2.82. The van der Waals surface area contributed by atoms with Crippen LogP contribution in [0.4, 0.5) is 0 Å². The number of para-hydroxylation sites is 1. The fourth-order valence-corrected chi connectivity index (χ4v) is 4.94. The molecule has 0 bridgehead atoms. The lowest BCUT2D eigenvalue weighted by Crippen LogP contribution is -2.66. The summed E-state index contributed by atoms with van der Waals surface area (Å²) < 4.78 is 18.0. The van der Waals surface area contributed by atoms with Crippen molar-refractivity contribution in [3.63, 3.8) is 0 Å². The number of ether oxygens (including phenoxy) is 3. The standard InChI is InChI=1S/C20H28O5/c1-13-16-10-6-7-14-11-12-19(2,21)25-18(20(14,16)22)24-17(13)23-15-8-4-3-5-9-15/h3-5,8-9,13-14,16-18,21-22H,6-7,10-12H2,1-2H3/t13-,14?,16?,17?,18-,19?,20-/m1/s1. The van der Waals surface area contributed by atoms with E-state index in [1.165, 1.54) is 0 Å². The molecule has 2 heterocycles. The predicted octanol–water partition coefficient (Wildman–Crippen LogP) is 3.05. The van der Waals surface area contributed by atoms with Crippen molar-refractivity contribution in [3.8, 4) is 5.75 Å². The van der Waals surface area contributed by atoms with Crippen LogP contribution in [0.5, 0.6) is 5.75 Å². The Morgan fingerprint density at radius 2 is 1.88 bits per heavy atom. The molecule has 1 aromatic rings. The van der Waals surface area contributed by atoms with Gasteiger partial charge in [-0.25, -0.2) is 0 Å². The van der Waals surface area contributed by atoms with Crippen LogP contribution in [0.2, 0.25) is 0 Å². The molecule has 4 rings (SSSR count). The van der Waals surface area contributed by atoms with E-state index in [9.17, 15) is 10.2 Å². The van der Waals surface area contributed by atoms with Gasteiger partial charge in [0, 0.05) is 18.3 Å². The van der Waals surface area contributed by atoms with Gasteiger partial charge >= 0.3 is 0 Å². The number of benzene rings is 1. The van der Waals surface area contributed by atoms with Crippen LogP contribution >= 0.6 is 0 Å². The van der Waals surface area contributed by atoms with Gasteiger partial charge in [0.25, 0.3) is 0 Å². The van der Waals surface area contributed by atoms with E-state index in [0.29, 0.717) is 6.42 Å². The van der Waals surface area contributed by atoms with E-state index in [1.54, 1.807) is 6.92 Å². The zero-order valence-electron chi connectivity index (χ0n) is 14.9. The van der Waals surface area contributed by atoms with Gasteiger partial charge in [-0.1, -0.05) is 31.5 Å². The second kappa shape index (κ2) is 6.23. The molecule has 3 aliphatic rings. The van der Waals surface area contributed by atoms with E-state index in [2.05, 4.69) is 6.92 Å². The largest absolute Gasteiger partial charge is 0.465 e. The molecule has 2 N–H and O–H groups in total. The number of hydrogen-bond acceptors (Lipinski definition) is 5. The fraction of sp³-hybridized carbons (Fsp3) is 0.700. The molecule has 5 nitrogen and oxygen atoms in total. The fourth-order valence-electron chi connectivity index (χ4n) is 4.94. The first-order valence-corrected chi connectivity index (χ1v) is 9.40. The molecule has 1 aliphatic carbocycles. The van der Waals surface area contributed by atoms with Crippen molar-refractivity contribution < 1.29 is 24.4 Å². The van der Waals surface area contributed by atoms with Crippen molar-refractivity contribution in [2.24, 2.45) is 17.8 Å². The lowest BCUT2D eigenvalue weighted by atomic mass is 9.61. The second-order valence-electron chi connectivity index (χ2n) is 8.08. The van der Waals surface area contributed by atoms with Crippen molar-refractivity contribution in [2.45, 2.75) is 69.9 Å². The van der Waals surface area contributed by atoms with Gasteiger partial charge in [-0.3, -0.25) is 0 Å². The highest BCUT2D eigenvalue weighted by atomic mass is 16.8. The summed E-state index contributed by atoms with van der Waals surface area (Å²) in [7, 11) is 0. The quantitative estimate of drug-likeness (QED) is 0.860. The first kappa shape index (κ1) is 17.3. The van der Waals surface area contributed by atoms with Crippen molar-refractivity contribution in [3.05, 3.63) is 30.3 Å². The maximum Gasteiger partial charge on any atom is 0.205 e. The molecule has 138 valence electrons. The highest BCUT2D eigenvalue weighted by Gasteiger charge is 2.62. The van der Waals surface area contributed by atoms with Gasteiger partial charge in [0.15, 0.2) is 12.1 Å². The van der Waals surface area contributed by atoms with Gasteiger partial charge in [-0.2, -0.15) is 0 Å². The van der Waals surface area contributed by atoms with E-state index < -0.39 is 24.0 Å². The Balaban J connectivity index is 1.65. The third-order valence-electron chi connectivity index (χ3n) is 6.33. The summed E-state index contributed by atoms with van der Waals surface area (Å²) in [5.41, 5.74) is -1.06. The lowest BCUT2D eigenvalue weighted by molar-refractivity contribution is -0.396. The Kier molecular flexibility index (Phi) is 4.31. The van der Waals surface area contributed by atoms with Crippen molar-refractivity contribution in [2.75, 3.05) is 0 Å². The van der Waals surface area contributed by atoms with E-state index in [0.717, 1.165) is 31.4 Å². The topological polar surface area (TPSA) is 68.2 Å². The van der Waals surface area contributed by atoms with Gasteiger partial charge in [0.1, 0.15) is 11.4 Å². The molecular weight excluding hydrogens is 320 g/mol. The zero-order valence-corrected chi connectivity index (χ0v) is 14.9. The average Bonchev–Trinajstić information content (AvgIpc) is 2.68. The third kappa shape index (κ3) is 2.97. The minimum absolute atomic E-state index is 0.0348. The number of rotatable bonds is 2. The summed E-state index contributed by atoms with van der Waals surface area (Å²) in [6.45, 7) is 3.73. The molecule has 7 atom stereocenters. The first-order valence-electron chi connectivity index (χ1n) is 9.40. The number of hydrogen-bond donors (Lipinski definition) is 2. The molecule has 0 radical (unpaired) electrons. The van der Waals surface area contributed by atoms with Crippen LogP contribution in [-0.4, -0.2) is 34.2 Å². The van der Waals surface area contributed by atoms with Crippen LogP contribution < -0.4 is 4.74 Å². The molecule has 3 fully saturated rings. The minimum atomic E-state index is -1.29. The molecule has 0 amide bonds. The van der Waals surface area contributed by atoms with Crippen LogP contribution in [0, 0.1) is 17.8 Å². The van der Waals surface area contributed by atoms with Gasteiger partial charge < -0.3 is 24.4 Å². The Labute approximate surface area is 148 Å². The van der Waals surface area contributed by atoms with E-state index in [1.807, 2.05) is 30.3 Å². The monoisotopic (exact) mass is 348 g/mol. The summed E-state index contributed by atoms with van der Waals surface area (Å²) in [5.74, 6) is -0.397. The molecule has 1 aromatic carbocycles. The summed E-state index contributed by atoms with van der Waals surface area (Å²) in [5, 5.41) is 22.1. The van der Waals surface area contributed by atoms with Gasteiger partial charge in [-0.05, 0) is 44.2 Å². The molecule has 0 spiro atoms. The second-order valence-corrected chi connectivity index (χ2v) is 8.08. The minimum Gasteiger partial charge on any atom is -0.465 e. The molecular formula is C20H28O5. The van der Waals surface area contributed by atoms with Crippen LogP contribution in [0.15, 0.2) is 30.3 Å². The molecule has 5 heteroatoms. The van der Waals surface area contributed by atoms with Crippen molar-refractivity contribution >= 4 is 0 Å². The van der Waals surface area contributed by atoms with Crippen LogP contribution in [-0.2, 0) is 9.47 Å². The third-order valence-corrected chi connectivity index (χ3v) is 6.33. The Morgan fingerprint density at radius 1 is 1.12 bits per heavy atom. The maximum absolute atomic E-state index is 11.6. The van der Waals surface area contributed by atoms with Crippen LogP contribution in [0.25, 0.3) is 0 Å². The predicted molar refractivity (Wildman–Crippen MR) is 91.6 cm³/mol. The summed E-state index contributed by atoms with van der Waals surface area (Å²) in [6, 6.07) is 9.56. The van der Waals surface area contributed by atoms with Gasteiger partial charge in [0.05, 0.1) is 0 Å². The molecule has 0 aromatic heterocycles. The summed E-state index contributed by atoms with van der Waals surface area (Å²) >= 11 is 0. The van der Waals surface area contributed by atoms with Gasteiger partial charge in [-0.15, -0.1) is 0 Å². The average molecular weight is 348 g/mol. The molecule has 2 saturated heterocycles. The Hall–Kier alpha value is -1.14. The zero-order chi connectivity index (χ0) is 17.7. The Bertz CT molecular complexity index is 603. The van der Waals surface area contributed by atoms with E-state index in [4.69, 9.17) is 14.2 Å². The SMILES string of the molecule is C[C@H]1C(Oc2ccccc2)O[C@@H]2OC(C)(O)CCC3CCCC1[C@]32O. The lowest BCUT2D eigenvalue weighted by Gasteiger charge is -2.55. The molecule has 4 unspecified atom stereocenters. The molecule has 25 heavy (non-hydrogen) atoms. The highest BCUT2D eigenvalue weighted by Crippen LogP contribution is 2.54. The highest BCUT2D eigenvalue weighted by molar-refractivity contribution is 5.21. The number of aliphatic hydroxyl groups is 2. The van der Waals surface area contributed by atoms with Crippen LogP contribution in [0.3, 0.4) is 0 Å². The summed E-state index contributed by atoms with van der Waals surface area (Å²) in [4.78, 5) is 0. The van der Waals surface area contributed by atoms with Crippen LogP contribution in [0.1, 0.15) is 46.0 Å². The van der Waals surface area contributed by atoms with E-state index in [-0.39, 0.29) is 17.8 Å². The van der Waals surface area contributed by atoms with E-state index >= 15 is 0 Å².